The van der Waals surface area contributed by atoms with E-state index in [1.54, 1.807) is 14.2 Å². The molecule has 3 aromatic carbocycles. The van der Waals surface area contributed by atoms with Gasteiger partial charge >= 0.3 is 0 Å². The summed E-state index contributed by atoms with van der Waals surface area (Å²) in [5.74, 6) is 1.48. The van der Waals surface area contributed by atoms with Gasteiger partial charge in [-0.25, -0.2) is 0 Å². The molecular weight excluding hydrogens is 426 g/mol. The fourth-order valence-corrected chi connectivity index (χ4v) is 4.34. The molecule has 0 spiro atoms. The largest absolute Gasteiger partial charge is 0.493 e. The van der Waals surface area contributed by atoms with Gasteiger partial charge in [-0.05, 0) is 54.4 Å². The topological polar surface area (TPSA) is 54.0 Å². The van der Waals surface area contributed by atoms with E-state index >= 15 is 0 Å². The monoisotopic (exact) mass is 459 g/mol. The Morgan fingerprint density at radius 3 is 2.35 bits per heavy atom. The zero-order valence-corrected chi connectivity index (χ0v) is 20.2. The molecule has 1 amide bonds. The lowest BCUT2D eigenvalue weighted by Crippen LogP contribution is -2.46. The second-order valence-electron chi connectivity index (χ2n) is 8.67. The van der Waals surface area contributed by atoms with Crippen LogP contribution in [-0.2, 0) is 13.1 Å². The number of rotatable bonds is 8. The van der Waals surface area contributed by atoms with E-state index in [0.29, 0.717) is 12.1 Å². The van der Waals surface area contributed by atoms with Crippen LogP contribution in [0.25, 0.3) is 0 Å². The van der Waals surface area contributed by atoms with Gasteiger partial charge in [-0.1, -0.05) is 35.9 Å². The first-order chi connectivity index (χ1) is 16.6. The van der Waals surface area contributed by atoms with Gasteiger partial charge in [0.15, 0.2) is 11.5 Å². The number of nitrogens with zero attached hydrogens (tertiary/aromatic N) is 2. The van der Waals surface area contributed by atoms with Gasteiger partial charge in [0.2, 0.25) is 0 Å². The van der Waals surface area contributed by atoms with Crippen LogP contribution in [-0.4, -0.2) is 51.2 Å². The van der Waals surface area contributed by atoms with Crippen molar-refractivity contribution in [3.63, 3.8) is 0 Å². The number of ether oxygens (including phenoxy) is 2. The Morgan fingerprint density at radius 1 is 0.853 bits per heavy atom. The number of methoxy groups -OCH3 is 2. The summed E-state index contributed by atoms with van der Waals surface area (Å²) in [7, 11) is 3.33. The molecule has 6 heteroatoms. The highest BCUT2D eigenvalue weighted by Gasteiger charge is 2.18. The highest BCUT2D eigenvalue weighted by atomic mass is 16.5. The van der Waals surface area contributed by atoms with E-state index in [4.69, 9.17) is 9.47 Å². The van der Waals surface area contributed by atoms with Crippen LogP contribution in [0.15, 0.2) is 66.7 Å². The predicted octanol–water partition coefficient (Wildman–Crippen LogP) is 4.26. The second kappa shape index (κ2) is 11.1. The third kappa shape index (κ3) is 5.88. The molecule has 6 nitrogen and oxygen atoms in total. The number of hydrogen-bond acceptors (Lipinski definition) is 5. The predicted molar refractivity (Wildman–Crippen MR) is 136 cm³/mol. The van der Waals surface area contributed by atoms with E-state index in [1.165, 1.54) is 11.3 Å². The van der Waals surface area contributed by atoms with Gasteiger partial charge in [-0.3, -0.25) is 9.69 Å². The van der Waals surface area contributed by atoms with E-state index in [2.05, 4.69) is 51.5 Å². The van der Waals surface area contributed by atoms with Crippen LogP contribution in [0, 0.1) is 6.92 Å². The second-order valence-corrected chi connectivity index (χ2v) is 8.67. The van der Waals surface area contributed by atoms with Gasteiger partial charge in [0.25, 0.3) is 5.91 Å². The number of nitrogens with one attached hydrogen (secondary N) is 1. The summed E-state index contributed by atoms with van der Waals surface area (Å²) in [6, 6.07) is 22.2. The number of benzene rings is 3. The standard InChI is InChI=1S/C28H33N3O3/c1-21-6-4-8-24(16-21)28(32)29-19-22-7-5-9-25(17-22)31-14-12-30(13-15-31)20-23-10-11-26(33-2)27(18-23)34-3/h4-11,16-18H,12-15,19-20H2,1-3H3,(H,29,32). The third-order valence-electron chi connectivity index (χ3n) is 6.24. The molecule has 4 rings (SSSR count). The maximum atomic E-state index is 12.5. The highest BCUT2D eigenvalue weighted by molar-refractivity contribution is 5.94. The number of anilines is 1. The molecule has 0 unspecified atom stereocenters. The Bertz CT molecular complexity index is 1120. The Balaban J connectivity index is 1.30. The number of amides is 1. The van der Waals surface area contributed by atoms with Crippen molar-refractivity contribution in [2.45, 2.75) is 20.0 Å². The highest BCUT2D eigenvalue weighted by Crippen LogP contribution is 2.28. The molecule has 0 atom stereocenters. The van der Waals surface area contributed by atoms with Crippen molar-refractivity contribution in [2.24, 2.45) is 0 Å². The van der Waals surface area contributed by atoms with E-state index < -0.39 is 0 Å². The number of aryl methyl sites for hydroxylation is 1. The van der Waals surface area contributed by atoms with Crippen molar-refractivity contribution >= 4 is 11.6 Å². The summed E-state index contributed by atoms with van der Waals surface area (Å²) >= 11 is 0. The van der Waals surface area contributed by atoms with Crippen LogP contribution < -0.4 is 19.7 Å². The van der Waals surface area contributed by atoms with Crippen LogP contribution >= 0.6 is 0 Å². The van der Waals surface area contributed by atoms with Gasteiger partial charge in [-0.2, -0.15) is 0 Å². The Labute approximate surface area is 202 Å². The molecule has 34 heavy (non-hydrogen) atoms. The quantitative estimate of drug-likeness (QED) is 0.545. The zero-order valence-electron chi connectivity index (χ0n) is 20.2. The molecule has 1 aliphatic heterocycles. The Morgan fingerprint density at radius 2 is 1.62 bits per heavy atom. The number of carbonyl (C=O) groups excluding carboxylic acids is 1. The molecule has 1 heterocycles. The average molecular weight is 460 g/mol. The van der Waals surface area contributed by atoms with E-state index in [9.17, 15) is 4.79 Å². The van der Waals surface area contributed by atoms with Gasteiger partial charge in [0, 0.05) is 50.5 Å². The maximum absolute atomic E-state index is 12.5. The van der Waals surface area contributed by atoms with Gasteiger partial charge in [0.05, 0.1) is 14.2 Å². The van der Waals surface area contributed by atoms with E-state index in [0.717, 1.165) is 55.3 Å². The fourth-order valence-electron chi connectivity index (χ4n) is 4.34. The molecule has 3 aromatic rings. The van der Waals surface area contributed by atoms with E-state index in [1.807, 2.05) is 37.3 Å². The smallest absolute Gasteiger partial charge is 0.251 e. The van der Waals surface area contributed by atoms with Crippen LogP contribution in [0.5, 0.6) is 11.5 Å². The maximum Gasteiger partial charge on any atom is 0.251 e. The number of piperazine rings is 1. The summed E-state index contributed by atoms with van der Waals surface area (Å²) in [4.78, 5) is 17.4. The molecule has 0 aromatic heterocycles. The SMILES string of the molecule is COc1ccc(CN2CCN(c3cccc(CNC(=O)c4cccc(C)c4)c3)CC2)cc1OC. The minimum atomic E-state index is -0.0436. The first kappa shape index (κ1) is 23.6. The van der Waals surface area contributed by atoms with Crippen molar-refractivity contribution in [1.82, 2.24) is 10.2 Å². The minimum absolute atomic E-state index is 0.0436. The van der Waals surface area contributed by atoms with E-state index in [-0.39, 0.29) is 5.91 Å². The molecule has 178 valence electrons. The van der Waals surface area contributed by atoms with Crippen molar-refractivity contribution in [3.8, 4) is 11.5 Å². The lowest BCUT2D eigenvalue weighted by atomic mass is 10.1. The minimum Gasteiger partial charge on any atom is -0.493 e. The number of hydrogen-bond donors (Lipinski definition) is 1. The lowest BCUT2D eigenvalue weighted by molar-refractivity contribution is 0.0951. The first-order valence-corrected chi connectivity index (χ1v) is 11.7. The summed E-state index contributed by atoms with van der Waals surface area (Å²) in [6.07, 6.45) is 0. The van der Waals surface area contributed by atoms with Crippen molar-refractivity contribution in [1.29, 1.82) is 0 Å². The van der Waals surface area contributed by atoms with Crippen molar-refractivity contribution < 1.29 is 14.3 Å². The van der Waals surface area contributed by atoms with Crippen molar-refractivity contribution in [3.05, 3.63) is 89.0 Å². The van der Waals surface area contributed by atoms with Crippen LogP contribution in [0.3, 0.4) is 0 Å². The fraction of sp³-hybridized carbons (Fsp3) is 0.321. The Hall–Kier alpha value is -3.51. The summed E-state index contributed by atoms with van der Waals surface area (Å²) in [5, 5.41) is 3.04. The molecule has 0 aliphatic carbocycles. The normalized spacial score (nSPS) is 14.0. The molecular formula is C28H33N3O3. The number of carbonyl (C=O) groups is 1. The third-order valence-corrected chi connectivity index (χ3v) is 6.24. The average Bonchev–Trinajstić information content (AvgIpc) is 2.88. The molecule has 0 saturated carbocycles. The van der Waals surface area contributed by atoms with Crippen molar-refractivity contribution in [2.75, 3.05) is 45.3 Å². The van der Waals surface area contributed by atoms with Crippen LogP contribution in [0.1, 0.15) is 27.0 Å². The van der Waals surface area contributed by atoms with Gasteiger partial charge in [-0.15, -0.1) is 0 Å². The Kier molecular flexibility index (Phi) is 7.70. The summed E-state index contributed by atoms with van der Waals surface area (Å²) < 4.78 is 10.8. The molecule has 0 bridgehead atoms. The van der Waals surface area contributed by atoms with Gasteiger partial charge < -0.3 is 19.7 Å². The van der Waals surface area contributed by atoms with Crippen LogP contribution in [0.4, 0.5) is 5.69 Å². The zero-order chi connectivity index (χ0) is 23.9. The summed E-state index contributed by atoms with van der Waals surface area (Å²) in [6.45, 7) is 7.30. The van der Waals surface area contributed by atoms with Crippen LogP contribution in [0.2, 0.25) is 0 Å². The molecule has 1 saturated heterocycles. The summed E-state index contributed by atoms with van der Waals surface area (Å²) in [5.41, 5.74) is 5.30. The molecule has 1 N–H and O–H groups in total. The lowest BCUT2D eigenvalue weighted by Gasteiger charge is -2.36. The van der Waals surface area contributed by atoms with Gasteiger partial charge in [0.1, 0.15) is 0 Å². The molecule has 0 radical (unpaired) electrons. The molecule has 1 fully saturated rings. The molecule has 1 aliphatic rings. The first-order valence-electron chi connectivity index (χ1n) is 11.7.